The van der Waals surface area contributed by atoms with Crippen molar-refractivity contribution in [1.82, 2.24) is 5.48 Å². The van der Waals surface area contributed by atoms with Gasteiger partial charge in [0.1, 0.15) is 0 Å². The largest absolute Gasteiger partial charge is 0.324 e. The first-order valence-electron chi connectivity index (χ1n) is 4.98. The fourth-order valence-corrected chi connectivity index (χ4v) is 0.769. The molecule has 0 bridgehead atoms. The molecule has 1 atom stereocenters. The summed E-state index contributed by atoms with van der Waals surface area (Å²) in [6, 6.07) is 0. The lowest BCUT2D eigenvalue weighted by Gasteiger charge is -2.36. The predicted molar refractivity (Wildman–Crippen MR) is 66.4 cm³/mol. The van der Waals surface area contributed by atoms with Gasteiger partial charge in [0.25, 0.3) is 5.72 Å². The molecule has 0 rings (SSSR count). The first kappa shape index (κ1) is 15.9. The summed E-state index contributed by atoms with van der Waals surface area (Å²) in [6.07, 6.45) is 1.83. The highest BCUT2D eigenvalue weighted by molar-refractivity contribution is 5.58. The van der Waals surface area contributed by atoms with E-state index in [4.69, 9.17) is 28.1 Å². The minimum Gasteiger partial charge on any atom is -0.324 e. The minimum atomic E-state index is -1.05. The molecule has 0 aliphatic carbocycles. The van der Waals surface area contributed by atoms with Crippen LogP contribution >= 0.6 is 0 Å². The third-order valence-corrected chi connectivity index (χ3v) is 2.25. The third-order valence-electron chi connectivity index (χ3n) is 2.25. The van der Waals surface area contributed by atoms with E-state index < -0.39 is 16.2 Å². The molecule has 0 radical (unpaired) electrons. The Kier molecular flexibility index (Phi) is 5.13. The lowest BCUT2D eigenvalue weighted by atomic mass is 10.2. The Morgan fingerprint density at radius 1 is 1.41 bits per heavy atom. The van der Waals surface area contributed by atoms with Gasteiger partial charge in [0, 0.05) is 26.5 Å². The van der Waals surface area contributed by atoms with Gasteiger partial charge in [0.05, 0.1) is 12.4 Å². The topological polar surface area (TPSA) is 150 Å². The second-order valence-electron chi connectivity index (χ2n) is 4.48. The number of nitrogens with one attached hydrogen (secondary N) is 1. The second-order valence-corrected chi connectivity index (χ2v) is 4.48. The monoisotopic (exact) mass is 247 g/mol. The van der Waals surface area contributed by atoms with Crippen LogP contribution in [0.1, 0.15) is 27.2 Å². The van der Waals surface area contributed by atoms with Crippen molar-refractivity contribution >= 4 is 12.9 Å². The van der Waals surface area contributed by atoms with Gasteiger partial charge in [-0.2, -0.15) is 10.6 Å². The molecule has 9 heteroatoms. The molecule has 0 aliphatic heterocycles. The van der Waals surface area contributed by atoms with Gasteiger partial charge in [-0.3, -0.25) is 0 Å². The van der Waals surface area contributed by atoms with Crippen molar-refractivity contribution in [3.63, 3.8) is 0 Å². The second kappa shape index (κ2) is 5.49. The summed E-state index contributed by atoms with van der Waals surface area (Å²) in [7, 11) is 0. The zero-order valence-corrected chi connectivity index (χ0v) is 10.6. The molecule has 17 heavy (non-hydrogen) atoms. The number of hydrazone groups is 1. The quantitative estimate of drug-likeness (QED) is 0.121. The van der Waals surface area contributed by atoms with Crippen LogP contribution in [0.2, 0.25) is 0 Å². The molecule has 9 nitrogen and oxygen atoms in total. The smallest absolute Gasteiger partial charge is 0.275 e. The van der Waals surface area contributed by atoms with Gasteiger partial charge in [-0.1, -0.05) is 5.10 Å². The highest BCUT2D eigenvalue weighted by Gasteiger charge is 2.43. The molecule has 0 aromatic carbocycles. The Hall–Kier alpha value is -1.10. The molecule has 0 fully saturated rings. The number of rotatable bonds is 7. The van der Waals surface area contributed by atoms with Crippen molar-refractivity contribution < 1.29 is 9.65 Å². The van der Waals surface area contributed by atoms with E-state index in [0.717, 1.165) is 0 Å². The zero-order chi connectivity index (χ0) is 13.7. The van der Waals surface area contributed by atoms with Crippen molar-refractivity contribution in [2.45, 2.75) is 38.6 Å². The molecule has 0 saturated heterocycles. The van der Waals surface area contributed by atoms with E-state index in [9.17, 15) is 0 Å². The van der Waals surface area contributed by atoms with Crippen molar-refractivity contribution in [3.05, 3.63) is 0 Å². The van der Waals surface area contributed by atoms with Crippen LogP contribution in [-0.2, 0) is 4.84 Å². The summed E-state index contributed by atoms with van der Waals surface area (Å²) in [5.41, 5.74) is 6.61. The van der Waals surface area contributed by atoms with E-state index in [1.54, 1.807) is 20.8 Å². The van der Waals surface area contributed by atoms with Crippen molar-refractivity contribution in [2.24, 2.45) is 33.5 Å². The predicted octanol–water partition coefficient (Wildman–Crippen LogP) is -1.57. The average molecular weight is 247 g/mol. The molecule has 0 aliphatic rings. The van der Waals surface area contributed by atoms with Crippen LogP contribution in [0.4, 0.5) is 0 Å². The van der Waals surface area contributed by atoms with Crippen LogP contribution in [0.3, 0.4) is 0 Å². The van der Waals surface area contributed by atoms with Gasteiger partial charge >= 0.3 is 0 Å². The van der Waals surface area contributed by atoms with Crippen molar-refractivity contribution in [2.75, 3.05) is 0 Å². The number of hydroxylamine groups is 1. The molecule has 0 heterocycles. The SMILES string of the molecule is C=N[N+](N)(N)C(C)(C)ONC(C)(N)C/C=N\N. The Labute approximate surface area is 101 Å². The standard InChI is InChI=1S/C8H23N8O/c1-7(2,16(11,12)13-4)17-15-8(3,9)5-6-14-10/h6,15H,4-5,9-12H2,1-3H3/q+1/b14-6-. The number of quaternary nitrogens is 1. The molecule has 9 N–H and O–H groups in total. The summed E-state index contributed by atoms with van der Waals surface area (Å²) in [5.74, 6) is 16.3. The van der Waals surface area contributed by atoms with Gasteiger partial charge in [0.15, 0.2) is 0 Å². The molecule has 100 valence electrons. The van der Waals surface area contributed by atoms with E-state index in [1.807, 2.05) is 0 Å². The zero-order valence-electron chi connectivity index (χ0n) is 10.6. The van der Waals surface area contributed by atoms with Crippen LogP contribution in [-0.4, -0.2) is 29.1 Å². The first-order chi connectivity index (χ1) is 7.58. The average Bonchev–Trinajstić information content (AvgIpc) is 2.24. The van der Waals surface area contributed by atoms with E-state index >= 15 is 0 Å². The lowest BCUT2D eigenvalue weighted by molar-refractivity contribution is -1.02. The molecular formula is C8H23N8O+. The van der Waals surface area contributed by atoms with E-state index in [1.165, 1.54) is 6.21 Å². The Balaban J connectivity index is 4.50. The van der Waals surface area contributed by atoms with E-state index in [0.29, 0.717) is 6.42 Å². The third kappa shape index (κ3) is 4.73. The molecule has 0 saturated carbocycles. The number of nitrogens with two attached hydrogens (primary N) is 4. The minimum absolute atomic E-state index is 0.371. The van der Waals surface area contributed by atoms with Crippen LogP contribution in [0.25, 0.3) is 0 Å². The van der Waals surface area contributed by atoms with Gasteiger partial charge in [-0.25, -0.2) is 4.84 Å². The fourth-order valence-electron chi connectivity index (χ4n) is 0.769. The summed E-state index contributed by atoms with van der Waals surface area (Å²) in [6.45, 7) is 8.27. The van der Waals surface area contributed by atoms with E-state index in [2.05, 4.69) is 22.4 Å². The molecule has 0 aromatic heterocycles. The summed E-state index contributed by atoms with van der Waals surface area (Å²) in [4.78, 5) is 4.60. The van der Waals surface area contributed by atoms with Crippen molar-refractivity contribution in [1.29, 1.82) is 0 Å². The highest BCUT2D eigenvalue weighted by Crippen LogP contribution is 2.17. The first-order valence-corrected chi connectivity index (χ1v) is 4.98. The molecule has 1 unspecified atom stereocenters. The van der Waals surface area contributed by atoms with Gasteiger partial charge in [0.2, 0.25) is 0 Å². The molecule has 0 amide bonds. The number of hydrogen-bond donors (Lipinski definition) is 5. The molecule has 0 spiro atoms. The van der Waals surface area contributed by atoms with E-state index in [-0.39, 0.29) is 0 Å². The van der Waals surface area contributed by atoms with Crippen LogP contribution in [0.5, 0.6) is 0 Å². The van der Waals surface area contributed by atoms with Gasteiger partial charge in [-0.15, -0.1) is 11.7 Å². The maximum absolute atomic E-state index is 5.88. The fraction of sp³-hybridized carbons (Fsp3) is 0.750. The Morgan fingerprint density at radius 2 is 1.94 bits per heavy atom. The van der Waals surface area contributed by atoms with Gasteiger partial charge < -0.3 is 11.6 Å². The summed E-state index contributed by atoms with van der Waals surface area (Å²) in [5, 5.41) is 6.89. The Bertz CT molecular complexity index is 285. The van der Waals surface area contributed by atoms with Crippen LogP contribution < -0.4 is 28.7 Å². The van der Waals surface area contributed by atoms with Crippen LogP contribution in [0, 0.1) is 0 Å². The number of nitrogens with zero attached hydrogens (tertiary/aromatic N) is 3. The van der Waals surface area contributed by atoms with Crippen LogP contribution in [0.15, 0.2) is 10.2 Å². The summed E-state index contributed by atoms with van der Waals surface area (Å²) >= 11 is 0. The number of hydrogen-bond acceptors (Lipinski definition) is 8. The highest BCUT2D eigenvalue weighted by atomic mass is 16.7. The van der Waals surface area contributed by atoms with Crippen molar-refractivity contribution in [3.8, 4) is 0 Å². The maximum atomic E-state index is 5.88. The maximum Gasteiger partial charge on any atom is 0.275 e. The van der Waals surface area contributed by atoms with Gasteiger partial charge in [-0.05, 0) is 11.7 Å². The Morgan fingerprint density at radius 3 is 2.35 bits per heavy atom. The molecule has 0 aromatic rings. The normalized spacial score (nSPS) is 17.1. The summed E-state index contributed by atoms with van der Waals surface area (Å²) < 4.78 is 0. The lowest BCUT2D eigenvalue weighted by Crippen LogP contribution is -2.71. The molecular weight excluding hydrogens is 224 g/mol.